The highest BCUT2D eigenvalue weighted by Gasteiger charge is 2.45. The molecule has 4 saturated heterocycles. The van der Waals surface area contributed by atoms with Crippen molar-refractivity contribution in [2.75, 3.05) is 65.6 Å². The highest BCUT2D eigenvalue weighted by molar-refractivity contribution is 5.75. The van der Waals surface area contributed by atoms with E-state index in [1.807, 2.05) is 0 Å². The van der Waals surface area contributed by atoms with Gasteiger partial charge in [-0.15, -0.1) is 0 Å². The zero-order valence-corrected chi connectivity index (χ0v) is 17.4. The molecular weight excluding hydrogens is 340 g/mol. The van der Waals surface area contributed by atoms with Gasteiger partial charge < -0.3 is 14.5 Å². The SMILES string of the molecule is CC(C)N1CCN(C(=O)N2CCC3(CCCN(C4CCOCC4)C3)C2)CC1. The van der Waals surface area contributed by atoms with Gasteiger partial charge in [-0.1, -0.05) is 0 Å². The third-order valence-electron chi connectivity index (χ3n) is 7.42. The molecule has 4 fully saturated rings. The van der Waals surface area contributed by atoms with Gasteiger partial charge in [-0.05, 0) is 52.5 Å². The third kappa shape index (κ3) is 4.28. The third-order valence-corrected chi connectivity index (χ3v) is 7.42. The van der Waals surface area contributed by atoms with Gasteiger partial charge in [0, 0.05) is 76.5 Å². The Morgan fingerprint density at radius 1 is 0.926 bits per heavy atom. The summed E-state index contributed by atoms with van der Waals surface area (Å²) in [5.41, 5.74) is 0.339. The Kier molecular flexibility index (Phi) is 5.95. The number of likely N-dealkylation sites (tertiary alicyclic amines) is 2. The molecule has 4 heterocycles. The van der Waals surface area contributed by atoms with E-state index < -0.39 is 0 Å². The largest absolute Gasteiger partial charge is 0.381 e. The van der Waals surface area contributed by atoms with Gasteiger partial charge in [-0.25, -0.2) is 4.79 Å². The van der Waals surface area contributed by atoms with Crippen molar-refractivity contribution in [2.24, 2.45) is 5.41 Å². The predicted molar refractivity (Wildman–Crippen MR) is 107 cm³/mol. The van der Waals surface area contributed by atoms with Gasteiger partial charge in [-0.2, -0.15) is 0 Å². The zero-order valence-electron chi connectivity index (χ0n) is 17.4. The molecule has 0 bridgehead atoms. The van der Waals surface area contributed by atoms with E-state index in [1.165, 1.54) is 45.2 Å². The molecule has 1 atom stereocenters. The summed E-state index contributed by atoms with van der Waals surface area (Å²) in [7, 11) is 0. The summed E-state index contributed by atoms with van der Waals surface area (Å²) in [6.07, 6.45) is 6.12. The van der Waals surface area contributed by atoms with Crippen LogP contribution in [0.5, 0.6) is 0 Å². The summed E-state index contributed by atoms with van der Waals surface area (Å²) in [5, 5.41) is 0. The van der Waals surface area contributed by atoms with Crippen molar-refractivity contribution in [1.29, 1.82) is 0 Å². The molecule has 4 aliphatic heterocycles. The Hall–Kier alpha value is -0.850. The topological polar surface area (TPSA) is 39.3 Å². The van der Waals surface area contributed by atoms with E-state index in [1.54, 1.807) is 0 Å². The van der Waals surface area contributed by atoms with Crippen molar-refractivity contribution in [3.8, 4) is 0 Å². The molecule has 2 amide bonds. The highest BCUT2D eigenvalue weighted by Crippen LogP contribution is 2.40. The number of carbonyl (C=O) groups excluding carboxylic acids is 1. The minimum Gasteiger partial charge on any atom is -0.381 e. The van der Waals surface area contributed by atoms with E-state index in [4.69, 9.17) is 4.74 Å². The maximum absolute atomic E-state index is 13.1. The van der Waals surface area contributed by atoms with Gasteiger partial charge >= 0.3 is 6.03 Å². The second kappa shape index (κ2) is 8.26. The molecule has 0 saturated carbocycles. The van der Waals surface area contributed by atoms with Crippen LogP contribution >= 0.6 is 0 Å². The fraction of sp³-hybridized carbons (Fsp3) is 0.952. The highest BCUT2D eigenvalue weighted by atomic mass is 16.5. The van der Waals surface area contributed by atoms with Gasteiger partial charge in [0.05, 0.1) is 0 Å². The lowest BCUT2D eigenvalue weighted by Crippen LogP contribution is -2.54. The Morgan fingerprint density at radius 3 is 2.37 bits per heavy atom. The fourth-order valence-electron chi connectivity index (χ4n) is 5.67. The van der Waals surface area contributed by atoms with Crippen molar-refractivity contribution in [1.82, 2.24) is 19.6 Å². The van der Waals surface area contributed by atoms with Gasteiger partial charge in [0.15, 0.2) is 0 Å². The summed E-state index contributed by atoms with van der Waals surface area (Å²) in [6, 6.07) is 1.57. The number of hydrogen-bond donors (Lipinski definition) is 0. The smallest absolute Gasteiger partial charge is 0.320 e. The number of ether oxygens (including phenoxy) is 1. The number of carbonyl (C=O) groups is 1. The molecule has 27 heavy (non-hydrogen) atoms. The van der Waals surface area contributed by atoms with E-state index in [2.05, 4.69) is 33.4 Å². The predicted octanol–water partition coefficient (Wildman–Crippen LogP) is 2.10. The molecule has 1 unspecified atom stereocenters. The Bertz CT molecular complexity index is 514. The molecule has 0 N–H and O–H groups in total. The van der Waals surface area contributed by atoms with Crippen molar-refractivity contribution in [3.63, 3.8) is 0 Å². The molecule has 0 aromatic carbocycles. The van der Waals surface area contributed by atoms with Crippen molar-refractivity contribution in [2.45, 2.75) is 58.0 Å². The average molecular weight is 379 g/mol. The summed E-state index contributed by atoms with van der Waals surface area (Å²) < 4.78 is 5.56. The number of hydrogen-bond acceptors (Lipinski definition) is 4. The first-order valence-electron chi connectivity index (χ1n) is 11.2. The molecule has 1 spiro atoms. The lowest BCUT2D eigenvalue weighted by atomic mass is 9.78. The van der Waals surface area contributed by atoms with Gasteiger partial charge in [0.25, 0.3) is 0 Å². The normalized spacial score (nSPS) is 32.0. The van der Waals surface area contributed by atoms with Crippen LogP contribution in [0.1, 0.15) is 46.0 Å². The van der Waals surface area contributed by atoms with Crippen LogP contribution in [0.4, 0.5) is 4.79 Å². The lowest BCUT2D eigenvalue weighted by molar-refractivity contribution is -0.00200. The summed E-state index contributed by atoms with van der Waals surface area (Å²) >= 11 is 0. The van der Waals surface area contributed by atoms with E-state index in [-0.39, 0.29) is 0 Å². The molecule has 6 nitrogen and oxygen atoms in total. The minimum atomic E-state index is 0.290. The average Bonchev–Trinajstić information content (AvgIpc) is 3.11. The first-order valence-corrected chi connectivity index (χ1v) is 11.2. The Morgan fingerprint density at radius 2 is 1.67 bits per heavy atom. The summed E-state index contributed by atoms with van der Waals surface area (Å²) in [5.74, 6) is 0. The maximum atomic E-state index is 13.1. The number of urea groups is 1. The van der Waals surface area contributed by atoms with E-state index in [0.717, 1.165) is 52.5 Å². The Balaban J connectivity index is 1.31. The van der Waals surface area contributed by atoms with Crippen LogP contribution in [0, 0.1) is 5.41 Å². The van der Waals surface area contributed by atoms with E-state index in [0.29, 0.717) is 23.5 Å². The molecule has 154 valence electrons. The molecule has 6 heteroatoms. The molecule has 0 aromatic heterocycles. The van der Waals surface area contributed by atoms with Crippen molar-refractivity contribution in [3.05, 3.63) is 0 Å². The van der Waals surface area contributed by atoms with Gasteiger partial charge in [-0.3, -0.25) is 9.80 Å². The number of rotatable bonds is 2. The maximum Gasteiger partial charge on any atom is 0.320 e. The number of piperidine rings is 1. The van der Waals surface area contributed by atoms with Crippen LogP contribution < -0.4 is 0 Å². The molecule has 0 aromatic rings. The molecule has 0 aliphatic carbocycles. The van der Waals surface area contributed by atoms with Gasteiger partial charge in [0.2, 0.25) is 0 Å². The molecule has 4 rings (SSSR count). The summed E-state index contributed by atoms with van der Waals surface area (Å²) in [6.45, 7) is 14.5. The minimum absolute atomic E-state index is 0.290. The molecule has 4 aliphatic rings. The van der Waals surface area contributed by atoms with E-state index >= 15 is 0 Å². The monoisotopic (exact) mass is 378 g/mol. The van der Waals surface area contributed by atoms with Crippen LogP contribution in [0.25, 0.3) is 0 Å². The molecular formula is C21H38N4O2. The standard InChI is InChI=1S/C21H38N4O2/c1-18(2)22-10-12-23(13-11-22)20(26)25-9-7-21(17-25)6-3-8-24(16-21)19-4-14-27-15-5-19/h18-19H,3-17H2,1-2H3. The van der Waals surface area contributed by atoms with Crippen LogP contribution in [0.2, 0.25) is 0 Å². The van der Waals surface area contributed by atoms with Crippen LogP contribution in [0.15, 0.2) is 0 Å². The number of piperazine rings is 1. The fourth-order valence-corrected chi connectivity index (χ4v) is 5.67. The lowest BCUT2D eigenvalue weighted by Gasteiger charge is -2.45. The quantitative estimate of drug-likeness (QED) is 0.738. The molecule has 0 radical (unpaired) electrons. The van der Waals surface area contributed by atoms with Crippen LogP contribution in [0.3, 0.4) is 0 Å². The first-order chi connectivity index (χ1) is 13.1. The first kappa shape index (κ1) is 19.5. The Labute approximate surface area is 164 Å². The van der Waals surface area contributed by atoms with Gasteiger partial charge in [0.1, 0.15) is 0 Å². The van der Waals surface area contributed by atoms with Crippen LogP contribution in [-0.2, 0) is 4.74 Å². The van der Waals surface area contributed by atoms with E-state index in [9.17, 15) is 4.79 Å². The van der Waals surface area contributed by atoms with Crippen LogP contribution in [-0.4, -0.2) is 103 Å². The van der Waals surface area contributed by atoms with Crippen molar-refractivity contribution < 1.29 is 9.53 Å². The number of amides is 2. The van der Waals surface area contributed by atoms with Crippen molar-refractivity contribution >= 4 is 6.03 Å². The number of nitrogens with zero attached hydrogens (tertiary/aromatic N) is 4. The summed E-state index contributed by atoms with van der Waals surface area (Å²) in [4.78, 5) is 22.5. The second-order valence-corrected chi connectivity index (χ2v) is 9.49. The zero-order chi connectivity index (χ0) is 18.9. The second-order valence-electron chi connectivity index (χ2n) is 9.49.